The van der Waals surface area contributed by atoms with Gasteiger partial charge in [-0.25, -0.2) is 0 Å². The molecule has 0 bridgehead atoms. The third-order valence-corrected chi connectivity index (χ3v) is 2.38. The van der Waals surface area contributed by atoms with Crippen LogP contribution >= 0.6 is 12.4 Å². The van der Waals surface area contributed by atoms with Gasteiger partial charge in [-0.05, 0) is 19.4 Å². The number of aryl methyl sites for hydroxylation is 1. The molecule has 5 heteroatoms. The van der Waals surface area contributed by atoms with Crippen molar-refractivity contribution in [3.05, 3.63) is 24.2 Å². The fourth-order valence-corrected chi connectivity index (χ4v) is 1.59. The smallest absolute Gasteiger partial charge is 0.111 e. The van der Waals surface area contributed by atoms with E-state index in [9.17, 15) is 0 Å². The summed E-state index contributed by atoms with van der Waals surface area (Å²) in [4.78, 5) is 4.28. The molecule has 0 spiro atoms. The van der Waals surface area contributed by atoms with Crippen LogP contribution in [0.15, 0.2) is 18.5 Å². The van der Waals surface area contributed by atoms with Gasteiger partial charge in [0, 0.05) is 24.2 Å². The van der Waals surface area contributed by atoms with Crippen molar-refractivity contribution in [1.82, 2.24) is 14.8 Å². The van der Waals surface area contributed by atoms with Crippen LogP contribution in [0.3, 0.4) is 0 Å². The van der Waals surface area contributed by atoms with Crippen molar-refractivity contribution in [2.45, 2.75) is 32.9 Å². The lowest BCUT2D eigenvalue weighted by atomic mass is 10.2. The third-order valence-electron chi connectivity index (χ3n) is 2.38. The molecule has 2 rings (SSSR count). The molecule has 0 aliphatic carbocycles. The van der Waals surface area contributed by atoms with E-state index in [4.69, 9.17) is 5.73 Å². The molecule has 16 heavy (non-hydrogen) atoms. The summed E-state index contributed by atoms with van der Waals surface area (Å²) in [5.74, 6) is 0. The minimum Gasteiger partial charge on any atom is -0.323 e. The molecule has 1 unspecified atom stereocenters. The van der Waals surface area contributed by atoms with E-state index < -0.39 is 0 Å². The molecule has 2 N–H and O–H groups in total. The first-order chi connectivity index (χ1) is 7.20. The Morgan fingerprint density at radius 2 is 2.25 bits per heavy atom. The van der Waals surface area contributed by atoms with E-state index in [0.717, 1.165) is 29.6 Å². The number of pyridine rings is 1. The van der Waals surface area contributed by atoms with Crippen LogP contribution in [0.5, 0.6) is 0 Å². The Kier molecular flexibility index (Phi) is 4.26. The second kappa shape index (κ2) is 5.27. The minimum absolute atomic E-state index is 0. The Bertz CT molecular complexity index is 464. The molecule has 2 aromatic rings. The molecule has 2 aromatic heterocycles. The highest BCUT2D eigenvalue weighted by molar-refractivity contribution is 5.85. The van der Waals surface area contributed by atoms with Crippen LogP contribution in [0, 0.1) is 0 Å². The maximum atomic E-state index is 5.78. The van der Waals surface area contributed by atoms with Crippen LogP contribution in [0.1, 0.15) is 32.0 Å². The molecule has 0 aliphatic heterocycles. The van der Waals surface area contributed by atoms with Gasteiger partial charge in [-0.2, -0.15) is 5.10 Å². The molecular formula is C11H17ClN4. The average molecular weight is 241 g/mol. The lowest BCUT2D eigenvalue weighted by Crippen LogP contribution is -2.06. The highest BCUT2D eigenvalue weighted by atomic mass is 35.5. The molecule has 4 nitrogen and oxygen atoms in total. The Labute approximate surface area is 101 Å². The minimum atomic E-state index is -0.0241. The summed E-state index contributed by atoms with van der Waals surface area (Å²) < 4.78 is 1.96. The third kappa shape index (κ3) is 2.51. The number of nitrogens with two attached hydrogens (primary N) is 1. The lowest BCUT2D eigenvalue weighted by molar-refractivity contribution is 0.608. The normalized spacial score (nSPS) is 12.4. The number of hydrogen-bond donors (Lipinski definition) is 1. The summed E-state index contributed by atoms with van der Waals surface area (Å²) in [6.07, 6.45) is 4.92. The fraction of sp³-hybridized carbons (Fsp3) is 0.455. The summed E-state index contributed by atoms with van der Waals surface area (Å²) in [6, 6.07) is 1.99. The average Bonchev–Trinajstić information content (AvgIpc) is 2.59. The van der Waals surface area contributed by atoms with E-state index in [2.05, 4.69) is 17.0 Å². The summed E-state index contributed by atoms with van der Waals surface area (Å²) in [7, 11) is 0. The Hall–Kier alpha value is -1.13. The summed E-state index contributed by atoms with van der Waals surface area (Å²) in [5, 5.41) is 5.53. The number of fused-ring (bicyclic) bond motifs is 1. The zero-order valence-electron chi connectivity index (χ0n) is 9.55. The Morgan fingerprint density at radius 1 is 1.50 bits per heavy atom. The van der Waals surface area contributed by atoms with E-state index in [1.54, 1.807) is 6.20 Å². The van der Waals surface area contributed by atoms with E-state index in [1.807, 2.05) is 23.9 Å². The molecule has 1 atom stereocenters. The molecule has 0 aromatic carbocycles. The first-order valence-electron chi connectivity index (χ1n) is 5.29. The molecule has 0 aliphatic rings. The monoisotopic (exact) mass is 240 g/mol. The molecule has 2 heterocycles. The second-order valence-electron chi connectivity index (χ2n) is 3.85. The van der Waals surface area contributed by atoms with Crippen LogP contribution in [0.2, 0.25) is 0 Å². The highest BCUT2D eigenvalue weighted by Crippen LogP contribution is 2.15. The number of hydrogen-bond acceptors (Lipinski definition) is 3. The van der Waals surface area contributed by atoms with E-state index in [0.29, 0.717) is 0 Å². The van der Waals surface area contributed by atoms with Gasteiger partial charge in [-0.1, -0.05) is 6.92 Å². The predicted molar refractivity (Wildman–Crippen MR) is 67.7 cm³/mol. The maximum Gasteiger partial charge on any atom is 0.111 e. The van der Waals surface area contributed by atoms with Gasteiger partial charge in [-0.3, -0.25) is 9.67 Å². The number of nitrogens with zero attached hydrogens (tertiary/aromatic N) is 3. The number of rotatable bonds is 3. The number of aromatic nitrogens is 3. The van der Waals surface area contributed by atoms with Crippen molar-refractivity contribution >= 4 is 23.3 Å². The Balaban J connectivity index is 0.00000128. The second-order valence-corrected chi connectivity index (χ2v) is 3.85. The van der Waals surface area contributed by atoms with Crippen molar-refractivity contribution < 1.29 is 0 Å². The van der Waals surface area contributed by atoms with Crippen LogP contribution < -0.4 is 5.73 Å². The quantitative estimate of drug-likeness (QED) is 0.896. The molecule has 0 saturated heterocycles. The highest BCUT2D eigenvalue weighted by Gasteiger charge is 2.05. The van der Waals surface area contributed by atoms with Gasteiger partial charge >= 0.3 is 0 Å². The van der Waals surface area contributed by atoms with Crippen molar-refractivity contribution in [3.63, 3.8) is 0 Å². The predicted octanol–water partition coefficient (Wildman–Crippen LogP) is 2.28. The van der Waals surface area contributed by atoms with Gasteiger partial charge in [0.05, 0.1) is 11.9 Å². The van der Waals surface area contributed by atoms with Gasteiger partial charge in [0.15, 0.2) is 0 Å². The van der Waals surface area contributed by atoms with Crippen LogP contribution in [0.4, 0.5) is 0 Å². The molecule has 0 saturated carbocycles. The largest absolute Gasteiger partial charge is 0.323 e. The first kappa shape index (κ1) is 12.9. The van der Waals surface area contributed by atoms with Crippen LogP contribution in [-0.2, 0) is 6.54 Å². The van der Waals surface area contributed by atoms with E-state index >= 15 is 0 Å². The molecule has 0 fully saturated rings. The molecule has 0 amide bonds. The van der Waals surface area contributed by atoms with Gasteiger partial charge in [0.25, 0.3) is 0 Å². The van der Waals surface area contributed by atoms with Gasteiger partial charge in [0.1, 0.15) is 5.52 Å². The van der Waals surface area contributed by atoms with Crippen molar-refractivity contribution in [3.8, 4) is 0 Å². The van der Waals surface area contributed by atoms with Gasteiger partial charge in [-0.15, -0.1) is 12.4 Å². The van der Waals surface area contributed by atoms with E-state index in [-0.39, 0.29) is 18.4 Å². The summed E-state index contributed by atoms with van der Waals surface area (Å²) in [5.41, 5.74) is 7.63. The topological polar surface area (TPSA) is 56.7 Å². The zero-order valence-corrected chi connectivity index (χ0v) is 10.4. The molecule has 0 radical (unpaired) electrons. The van der Waals surface area contributed by atoms with Gasteiger partial charge in [0.2, 0.25) is 0 Å². The summed E-state index contributed by atoms with van der Waals surface area (Å²) in [6.45, 7) is 5.02. The standard InChI is InChI=1S/C11H16N4.ClH/c1-3-4-15-7-9-5-10(8(2)12)13-6-11(9)14-15;/h5-8H,3-4,12H2,1-2H3;1H. The van der Waals surface area contributed by atoms with Crippen molar-refractivity contribution in [2.24, 2.45) is 5.73 Å². The van der Waals surface area contributed by atoms with Crippen molar-refractivity contribution in [1.29, 1.82) is 0 Å². The Morgan fingerprint density at radius 3 is 2.88 bits per heavy atom. The zero-order chi connectivity index (χ0) is 10.8. The number of halogens is 1. The first-order valence-corrected chi connectivity index (χ1v) is 5.29. The van der Waals surface area contributed by atoms with Crippen LogP contribution in [-0.4, -0.2) is 14.8 Å². The molecule has 88 valence electrons. The summed E-state index contributed by atoms with van der Waals surface area (Å²) >= 11 is 0. The van der Waals surface area contributed by atoms with Crippen LogP contribution in [0.25, 0.3) is 10.9 Å². The van der Waals surface area contributed by atoms with E-state index in [1.165, 1.54) is 0 Å². The lowest BCUT2D eigenvalue weighted by Gasteiger charge is -2.02. The fourth-order valence-electron chi connectivity index (χ4n) is 1.59. The molecular weight excluding hydrogens is 224 g/mol. The SMILES string of the molecule is CCCn1cc2cc(C(C)N)ncc2n1.Cl. The van der Waals surface area contributed by atoms with Gasteiger partial charge < -0.3 is 5.73 Å². The van der Waals surface area contributed by atoms with Crippen molar-refractivity contribution in [2.75, 3.05) is 0 Å². The maximum absolute atomic E-state index is 5.78.